The van der Waals surface area contributed by atoms with Crippen LogP contribution in [0, 0.1) is 0 Å². The third kappa shape index (κ3) is 2.35. The van der Waals surface area contributed by atoms with Crippen molar-refractivity contribution in [2.45, 2.75) is 27.2 Å². The van der Waals surface area contributed by atoms with Crippen LogP contribution >= 0.6 is 0 Å². The van der Waals surface area contributed by atoms with Crippen LogP contribution in [0.15, 0.2) is 36.4 Å². The summed E-state index contributed by atoms with van der Waals surface area (Å²) in [5, 5.41) is 2.50. The van der Waals surface area contributed by atoms with E-state index in [2.05, 4.69) is 31.2 Å². The van der Waals surface area contributed by atoms with Crippen LogP contribution in [0.5, 0.6) is 5.75 Å². The zero-order valence-corrected chi connectivity index (χ0v) is 10.6. The van der Waals surface area contributed by atoms with Crippen molar-refractivity contribution < 1.29 is 4.74 Å². The van der Waals surface area contributed by atoms with Gasteiger partial charge in [-0.3, -0.25) is 0 Å². The third-order valence-electron chi connectivity index (χ3n) is 2.58. The van der Waals surface area contributed by atoms with Crippen molar-refractivity contribution in [1.29, 1.82) is 0 Å². The van der Waals surface area contributed by atoms with E-state index in [0.717, 1.165) is 12.2 Å². The molecule has 0 fully saturated rings. The molecule has 2 rings (SSSR count). The lowest BCUT2D eigenvalue weighted by Crippen LogP contribution is -1.88. The summed E-state index contributed by atoms with van der Waals surface area (Å²) in [6.45, 7) is 6.17. The number of fused-ring (bicyclic) bond motifs is 1. The van der Waals surface area contributed by atoms with Gasteiger partial charge in [-0.1, -0.05) is 51.1 Å². The molecule has 0 spiro atoms. The summed E-state index contributed by atoms with van der Waals surface area (Å²) in [5.41, 5.74) is 1.38. The Morgan fingerprint density at radius 1 is 0.938 bits per heavy atom. The average Bonchev–Trinajstić information content (AvgIpc) is 2.39. The molecule has 2 aromatic rings. The van der Waals surface area contributed by atoms with Crippen molar-refractivity contribution in [3.63, 3.8) is 0 Å². The maximum Gasteiger partial charge on any atom is 0.126 e. The van der Waals surface area contributed by atoms with Gasteiger partial charge in [-0.25, -0.2) is 0 Å². The summed E-state index contributed by atoms with van der Waals surface area (Å²) in [6.07, 6.45) is 1.06. The Labute approximate surface area is 98.1 Å². The second kappa shape index (κ2) is 6.16. The largest absolute Gasteiger partial charge is 0.496 e. The predicted octanol–water partition coefficient (Wildman–Crippen LogP) is 4.44. The number of aryl methyl sites for hydroxylation is 1. The highest BCUT2D eigenvalue weighted by molar-refractivity contribution is 5.91. The summed E-state index contributed by atoms with van der Waals surface area (Å²) in [6, 6.07) is 12.6. The van der Waals surface area contributed by atoms with Crippen molar-refractivity contribution in [2.24, 2.45) is 0 Å². The number of benzene rings is 2. The van der Waals surface area contributed by atoms with Gasteiger partial charge in [-0.05, 0) is 23.4 Å². The van der Waals surface area contributed by atoms with Crippen LogP contribution in [-0.2, 0) is 6.42 Å². The molecule has 0 N–H and O–H groups in total. The van der Waals surface area contributed by atoms with E-state index in [9.17, 15) is 0 Å². The number of rotatable bonds is 2. The second-order valence-electron chi connectivity index (χ2n) is 3.33. The molecule has 16 heavy (non-hydrogen) atoms. The first-order valence-corrected chi connectivity index (χ1v) is 5.91. The quantitative estimate of drug-likeness (QED) is 0.721. The molecule has 1 heteroatoms. The van der Waals surface area contributed by atoms with Gasteiger partial charge in [0.2, 0.25) is 0 Å². The molecular weight excluding hydrogens is 196 g/mol. The predicted molar refractivity (Wildman–Crippen MR) is 71.2 cm³/mol. The Kier molecular flexibility index (Phi) is 4.84. The first-order valence-electron chi connectivity index (χ1n) is 5.91. The molecule has 2 aromatic carbocycles. The van der Waals surface area contributed by atoms with E-state index in [1.165, 1.54) is 16.3 Å². The lowest BCUT2D eigenvalue weighted by Gasteiger charge is -2.08. The molecule has 86 valence electrons. The summed E-state index contributed by atoms with van der Waals surface area (Å²) in [4.78, 5) is 0. The minimum absolute atomic E-state index is 0.956. The van der Waals surface area contributed by atoms with Crippen molar-refractivity contribution in [3.05, 3.63) is 42.0 Å². The normalized spacial score (nSPS) is 9.50. The van der Waals surface area contributed by atoms with Gasteiger partial charge in [0.05, 0.1) is 7.11 Å². The molecule has 0 saturated carbocycles. The van der Waals surface area contributed by atoms with Gasteiger partial charge in [0.25, 0.3) is 0 Å². The van der Waals surface area contributed by atoms with Crippen LogP contribution in [0.1, 0.15) is 26.3 Å². The van der Waals surface area contributed by atoms with Crippen molar-refractivity contribution in [2.75, 3.05) is 7.11 Å². The molecule has 0 bridgehead atoms. The summed E-state index contributed by atoms with van der Waals surface area (Å²) < 4.78 is 5.33. The number of ether oxygens (including phenoxy) is 1. The third-order valence-corrected chi connectivity index (χ3v) is 2.58. The molecule has 0 radical (unpaired) electrons. The first-order chi connectivity index (χ1) is 7.86. The van der Waals surface area contributed by atoms with Gasteiger partial charge < -0.3 is 4.74 Å². The van der Waals surface area contributed by atoms with E-state index < -0.39 is 0 Å². The zero-order valence-electron chi connectivity index (χ0n) is 10.6. The zero-order chi connectivity index (χ0) is 12.0. The van der Waals surface area contributed by atoms with Crippen molar-refractivity contribution in [1.82, 2.24) is 0 Å². The van der Waals surface area contributed by atoms with E-state index in [-0.39, 0.29) is 0 Å². The van der Waals surface area contributed by atoms with Gasteiger partial charge in [0.15, 0.2) is 0 Å². The van der Waals surface area contributed by atoms with Crippen LogP contribution in [0.25, 0.3) is 10.8 Å². The Balaban J connectivity index is 0.000000606. The lowest BCUT2D eigenvalue weighted by molar-refractivity contribution is 0.419. The SMILES string of the molecule is CC.CCc1ccc(OC)c2ccccc12. The van der Waals surface area contributed by atoms with Crippen LogP contribution in [0.4, 0.5) is 0 Å². The Morgan fingerprint density at radius 2 is 1.56 bits per heavy atom. The smallest absolute Gasteiger partial charge is 0.126 e. The Bertz CT molecular complexity index is 404. The molecule has 0 amide bonds. The van der Waals surface area contributed by atoms with Crippen LogP contribution in [0.3, 0.4) is 0 Å². The highest BCUT2D eigenvalue weighted by Gasteiger charge is 2.03. The molecule has 0 aromatic heterocycles. The van der Waals surface area contributed by atoms with E-state index in [1.54, 1.807) is 7.11 Å². The van der Waals surface area contributed by atoms with Crippen molar-refractivity contribution in [3.8, 4) is 5.75 Å². The van der Waals surface area contributed by atoms with Gasteiger partial charge in [0.1, 0.15) is 5.75 Å². The van der Waals surface area contributed by atoms with Crippen LogP contribution in [0.2, 0.25) is 0 Å². The maximum atomic E-state index is 5.33. The topological polar surface area (TPSA) is 9.23 Å². The fourth-order valence-electron chi connectivity index (χ4n) is 1.82. The van der Waals surface area contributed by atoms with Gasteiger partial charge >= 0.3 is 0 Å². The highest BCUT2D eigenvalue weighted by Crippen LogP contribution is 2.28. The maximum absolute atomic E-state index is 5.33. The Morgan fingerprint density at radius 3 is 2.12 bits per heavy atom. The first kappa shape index (κ1) is 12.6. The summed E-state index contributed by atoms with van der Waals surface area (Å²) in [5.74, 6) is 0.956. The number of hydrogen-bond acceptors (Lipinski definition) is 1. The van der Waals surface area contributed by atoms with Gasteiger partial charge in [-0.15, -0.1) is 0 Å². The molecule has 0 saturated heterocycles. The molecule has 1 nitrogen and oxygen atoms in total. The van der Waals surface area contributed by atoms with Gasteiger partial charge in [-0.2, -0.15) is 0 Å². The summed E-state index contributed by atoms with van der Waals surface area (Å²) >= 11 is 0. The number of hydrogen-bond donors (Lipinski definition) is 0. The molecule has 0 aliphatic rings. The summed E-state index contributed by atoms with van der Waals surface area (Å²) in [7, 11) is 1.72. The monoisotopic (exact) mass is 216 g/mol. The molecule has 0 aliphatic carbocycles. The highest BCUT2D eigenvalue weighted by atomic mass is 16.5. The van der Waals surface area contributed by atoms with E-state index in [1.807, 2.05) is 26.0 Å². The fraction of sp³-hybridized carbons (Fsp3) is 0.333. The minimum atomic E-state index is 0.956. The van der Waals surface area contributed by atoms with E-state index >= 15 is 0 Å². The molecule has 0 aliphatic heterocycles. The van der Waals surface area contributed by atoms with Crippen LogP contribution < -0.4 is 4.74 Å². The van der Waals surface area contributed by atoms with Crippen molar-refractivity contribution >= 4 is 10.8 Å². The minimum Gasteiger partial charge on any atom is -0.496 e. The van der Waals surface area contributed by atoms with Crippen LogP contribution in [-0.4, -0.2) is 7.11 Å². The average molecular weight is 216 g/mol. The van der Waals surface area contributed by atoms with E-state index in [4.69, 9.17) is 4.74 Å². The molecule has 0 heterocycles. The molecule has 0 unspecified atom stereocenters. The fourth-order valence-corrected chi connectivity index (χ4v) is 1.82. The molecular formula is C15H20O. The Hall–Kier alpha value is -1.50. The standard InChI is InChI=1S/C13H14O.C2H6/c1-3-10-8-9-13(14-2)12-7-5-4-6-11(10)12;1-2/h4-9H,3H2,1-2H3;1-2H3. The van der Waals surface area contributed by atoms with E-state index in [0.29, 0.717) is 0 Å². The molecule has 0 atom stereocenters. The lowest BCUT2D eigenvalue weighted by atomic mass is 10.0. The van der Waals surface area contributed by atoms with Gasteiger partial charge in [0, 0.05) is 5.39 Å². The number of methoxy groups -OCH3 is 1. The second-order valence-corrected chi connectivity index (χ2v) is 3.33.